The normalized spacial score (nSPS) is 17.6. The van der Waals surface area contributed by atoms with Gasteiger partial charge in [-0.2, -0.15) is 13.2 Å². The number of hydrogen-bond acceptors (Lipinski definition) is 4. The van der Waals surface area contributed by atoms with E-state index >= 15 is 0 Å². The summed E-state index contributed by atoms with van der Waals surface area (Å²) in [5.74, 6) is 0.00229. The van der Waals surface area contributed by atoms with Crippen LogP contribution in [0.1, 0.15) is 28.4 Å². The number of piperazine rings is 1. The molecule has 0 spiro atoms. The quantitative estimate of drug-likeness (QED) is 0.407. The zero-order chi connectivity index (χ0) is 24.7. The summed E-state index contributed by atoms with van der Waals surface area (Å²) in [5, 5.41) is 0. The Kier molecular flexibility index (Phi) is 5.70. The number of amidine groups is 1. The number of fused-ring (bicyclic) bond motifs is 2. The Balaban J connectivity index is 1.47. The molecule has 2 heterocycles. The van der Waals surface area contributed by atoms with Crippen molar-refractivity contribution in [2.45, 2.75) is 19.1 Å². The third kappa shape index (κ3) is 4.34. The number of aliphatic imine (C=N–C) groups is 1. The minimum absolute atomic E-state index is 0.0173. The van der Waals surface area contributed by atoms with Gasteiger partial charge in [0.2, 0.25) is 0 Å². The lowest BCUT2D eigenvalue weighted by atomic mass is 10.1. The van der Waals surface area contributed by atoms with E-state index < -0.39 is 17.6 Å². The molecule has 35 heavy (non-hydrogen) atoms. The van der Waals surface area contributed by atoms with Gasteiger partial charge in [0.05, 0.1) is 16.7 Å². The summed E-state index contributed by atoms with van der Waals surface area (Å²) < 4.78 is 59.8. The number of rotatable bonds is 1. The fourth-order valence-corrected chi connectivity index (χ4v) is 4.38. The van der Waals surface area contributed by atoms with Crippen LogP contribution in [0.5, 0.6) is 11.5 Å². The highest BCUT2D eigenvalue weighted by Gasteiger charge is 2.34. The fraction of sp³-hybridized carbons (Fsp3) is 0.231. The van der Waals surface area contributed by atoms with Crippen molar-refractivity contribution in [1.82, 2.24) is 9.80 Å². The van der Waals surface area contributed by atoms with E-state index in [1.807, 2.05) is 11.8 Å². The van der Waals surface area contributed by atoms with Crippen LogP contribution in [0.4, 0.5) is 23.2 Å². The molecule has 1 atom stereocenters. The van der Waals surface area contributed by atoms with E-state index in [1.165, 1.54) is 24.3 Å². The molecule has 0 aromatic heterocycles. The number of alkyl halides is 3. The molecule has 1 fully saturated rings. The predicted octanol–water partition coefficient (Wildman–Crippen LogP) is 5.88. The number of para-hydroxylation sites is 1. The molecule has 2 aliphatic heterocycles. The lowest BCUT2D eigenvalue weighted by Crippen LogP contribution is -2.55. The molecule has 0 radical (unpaired) electrons. The highest BCUT2D eigenvalue weighted by atomic mass is 19.4. The van der Waals surface area contributed by atoms with Gasteiger partial charge in [0.25, 0.3) is 5.91 Å². The van der Waals surface area contributed by atoms with E-state index in [0.29, 0.717) is 36.8 Å². The summed E-state index contributed by atoms with van der Waals surface area (Å²) in [6.45, 7) is 3.02. The van der Waals surface area contributed by atoms with Crippen molar-refractivity contribution in [3.8, 4) is 11.5 Å². The van der Waals surface area contributed by atoms with Crippen LogP contribution in [0.2, 0.25) is 0 Å². The number of carbonyl (C=O) groups is 1. The van der Waals surface area contributed by atoms with Gasteiger partial charge in [-0.25, -0.2) is 9.38 Å². The van der Waals surface area contributed by atoms with Gasteiger partial charge >= 0.3 is 6.18 Å². The Bertz CT molecular complexity index is 1320. The van der Waals surface area contributed by atoms with E-state index in [1.54, 1.807) is 35.2 Å². The Morgan fingerprint density at radius 1 is 1.00 bits per heavy atom. The topological polar surface area (TPSA) is 45.1 Å². The molecule has 2 aliphatic rings. The molecule has 5 nitrogen and oxygen atoms in total. The number of ether oxygens (including phenoxy) is 1. The molecule has 1 amide bonds. The summed E-state index contributed by atoms with van der Waals surface area (Å²) in [4.78, 5) is 21.3. The molecule has 5 rings (SSSR count). The van der Waals surface area contributed by atoms with Crippen LogP contribution >= 0.6 is 0 Å². The third-order valence-corrected chi connectivity index (χ3v) is 6.15. The second-order valence-corrected chi connectivity index (χ2v) is 8.49. The summed E-state index contributed by atoms with van der Waals surface area (Å²) in [7, 11) is 0. The van der Waals surface area contributed by atoms with Gasteiger partial charge in [0, 0.05) is 25.7 Å². The van der Waals surface area contributed by atoms with Crippen LogP contribution < -0.4 is 4.74 Å². The highest BCUT2D eigenvalue weighted by Crippen LogP contribution is 2.42. The largest absolute Gasteiger partial charge is 0.454 e. The van der Waals surface area contributed by atoms with Gasteiger partial charge in [-0.3, -0.25) is 4.79 Å². The Morgan fingerprint density at radius 3 is 2.49 bits per heavy atom. The van der Waals surface area contributed by atoms with Crippen LogP contribution in [0.3, 0.4) is 0 Å². The maximum atomic E-state index is 14.2. The van der Waals surface area contributed by atoms with Crippen LogP contribution in [0.15, 0.2) is 71.7 Å². The number of nitrogens with zero attached hydrogens (tertiary/aromatic N) is 3. The summed E-state index contributed by atoms with van der Waals surface area (Å²) in [6.07, 6.45) is -4.51. The number of halogens is 4. The van der Waals surface area contributed by atoms with Crippen molar-refractivity contribution in [2.24, 2.45) is 4.99 Å². The van der Waals surface area contributed by atoms with Gasteiger partial charge in [-0.15, -0.1) is 0 Å². The molecule has 1 unspecified atom stereocenters. The van der Waals surface area contributed by atoms with Crippen molar-refractivity contribution in [1.29, 1.82) is 0 Å². The first-order valence-corrected chi connectivity index (χ1v) is 11.1. The van der Waals surface area contributed by atoms with E-state index in [2.05, 4.69) is 0 Å². The number of amides is 1. The van der Waals surface area contributed by atoms with E-state index in [4.69, 9.17) is 9.73 Å². The second kappa shape index (κ2) is 8.72. The average Bonchev–Trinajstić information content (AvgIpc) is 2.99. The second-order valence-electron chi connectivity index (χ2n) is 8.49. The van der Waals surface area contributed by atoms with E-state index in [0.717, 1.165) is 12.1 Å². The molecule has 0 N–H and O–H groups in total. The minimum Gasteiger partial charge on any atom is -0.454 e. The van der Waals surface area contributed by atoms with Crippen LogP contribution in [-0.2, 0) is 6.18 Å². The minimum atomic E-state index is -4.51. The SMILES string of the molecule is CC1CN(C2=Nc3ccc(C(F)(F)F)cc3Oc3ccccc32)CCN1C(=O)c1ccccc1F. The van der Waals surface area contributed by atoms with Crippen molar-refractivity contribution >= 4 is 17.4 Å². The molecule has 0 bridgehead atoms. The third-order valence-electron chi connectivity index (χ3n) is 6.15. The first-order chi connectivity index (χ1) is 16.7. The van der Waals surface area contributed by atoms with Gasteiger partial charge in [0.1, 0.15) is 23.1 Å². The highest BCUT2D eigenvalue weighted by molar-refractivity contribution is 6.04. The Hall–Kier alpha value is -3.88. The molecular formula is C26H21F4N3O2. The van der Waals surface area contributed by atoms with Gasteiger partial charge in [-0.05, 0) is 49.4 Å². The molecule has 9 heteroatoms. The van der Waals surface area contributed by atoms with Crippen molar-refractivity contribution in [3.05, 3.63) is 89.2 Å². The molecule has 3 aromatic rings. The standard InChI is InChI=1S/C26H21F4N3O2/c1-16-15-32(12-13-33(16)25(34)18-6-2-4-8-20(18)27)24-19-7-3-5-9-22(19)35-23-14-17(26(28,29)30)10-11-21(23)31-24/h2-11,14,16H,12-13,15H2,1H3. The zero-order valence-electron chi connectivity index (χ0n) is 18.7. The summed E-state index contributed by atoms with van der Waals surface area (Å²) in [6, 6.07) is 15.9. The predicted molar refractivity (Wildman–Crippen MR) is 123 cm³/mol. The Morgan fingerprint density at radius 2 is 1.74 bits per heavy atom. The van der Waals surface area contributed by atoms with Gasteiger partial charge in [0.15, 0.2) is 5.75 Å². The van der Waals surface area contributed by atoms with Crippen LogP contribution in [0, 0.1) is 5.82 Å². The zero-order valence-corrected chi connectivity index (χ0v) is 18.7. The first-order valence-electron chi connectivity index (χ1n) is 11.1. The van der Waals surface area contributed by atoms with Crippen molar-refractivity contribution in [3.63, 3.8) is 0 Å². The van der Waals surface area contributed by atoms with E-state index in [9.17, 15) is 22.4 Å². The average molecular weight is 483 g/mol. The molecule has 180 valence electrons. The number of benzene rings is 3. The molecular weight excluding hydrogens is 462 g/mol. The molecule has 0 saturated carbocycles. The van der Waals surface area contributed by atoms with Gasteiger partial charge in [-0.1, -0.05) is 24.3 Å². The molecule has 3 aromatic carbocycles. The van der Waals surface area contributed by atoms with Crippen LogP contribution in [0.25, 0.3) is 0 Å². The summed E-state index contributed by atoms with van der Waals surface area (Å²) >= 11 is 0. The maximum absolute atomic E-state index is 14.2. The van der Waals surface area contributed by atoms with Crippen molar-refractivity contribution < 1.29 is 27.1 Å². The number of hydrogen-bond donors (Lipinski definition) is 0. The van der Waals surface area contributed by atoms with Crippen molar-refractivity contribution in [2.75, 3.05) is 19.6 Å². The lowest BCUT2D eigenvalue weighted by Gasteiger charge is -2.41. The monoisotopic (exact) mass is 483 g/mol. The van der Waals surface area contributed by atoms with Gasteiger partial charge < -0.3 is 14.5 Å². The Labute approximate surface area is 199 Å². The maximum Gasteiger partial charge on any atom is 0.416 e. The number of carbonyl (C=O) groups excluding carboxylic acids is 1. The van der Waals surface area contributed by atoms with Crippen LogP contribution in [-0.4, -0.2) is 47.2 Å². The first kappa shape index (κ1) is 22.9. The molecule has 1 saturated heterocycles. The van der Waals surface area contributed by atoms with E-state index in [-0.39, 0.29) is 28.9 Å². The summed E-state index contributed by atoms with van der Waals surface area (Å²) in [5.41, 5.74) is 0.120. The smallest absolute Gasteiger partial charge is 0.416 e. The fourth-order valence-electron chi connectivity index (χ4n) is 4.38. The molecule has 0 aliphatic carbocycles. The lowest BCUT2D eigenvalue weighted by molar-refractivity contribution is -0.137.